The summed E-state index contributed by atoms with van der Waals surface area (Å²) in [5.74, 6) is -1.06. The summed E-state index contributed by atoms with van der Waals surface area (Å²) in [4.78, 5) is 0. The second-order valence-corrected chi connectivity index (χ2v) is 4.92. The summed E-state index contributed by atoms with van der Waals surface area (Å²) in [6.45, 7) is 1.49. The van der Waals surface area contributed by atoms with Crippen LogP contribution in [-0.2, 0) is 0 Å². The smallest absolute Gasteiger partial charge is 0.147 e. The molecule has 0 aliphatic rings. The molecule has 0 radical (unpaired) electrons. The maximum atomic E-state index is 13.7. The van der Waals surface area contributed by atoms with E-state index in [-0.39, 0.29) is 11.3 Å². The van der Waals surface area contributed by atoms with E-state index in [4.69, 9.17) is 5.26 Å². The lowest BCUT2D eigenvalue weighted by atomic mass is 10.1. The lowest BCUT2D eigenvalue weighted by molar-refractivity contribution is 0.595. The molecule has 0 saturated heterocycles. The van der Waals surface area contributed by atoms with Crippen LogP contribution in [0.5, 0.6) is 0 Å². The highest BCUT2D eigenvalue weighted by atomic mass is 79.9. The van der Waals surface area contributed by atoms with E-state index in [2.05, 4.69) is 21.2 Å². The van der Waals surface area contributed by atoms with Gasteiger partial charge in [0.15, 0.2) is 0 Å². The molecule has 0 aromatic heterocycles. The van der Waals surface area contributed by atoms with Crippen molar-refractivity contribution >= 4 is 27.3 Å². The van der Waals surface area contributed by atoms with Crippen molar-refractivity contribution in [3.05, 3.63) is 57.6 Å². The molecule has 0 unspecified atom stereocenters. The minimum Gasteiger partial charge on any atom is -0.352 e. The highest BCUT2D eigenvalue weighted by Crippen LogP contribution is 2.26. The molecule has 2 nitrogen and oxygen atoms in total. The molecule has 0 heterocycles. The minimum atomic E-state index is -0.564. The van der Waals surface area contributed by atoms with Crippen molar-refractivity contribution in [3.63, 3.8) is 0 Å². The zero-order valence-electron chi connectivity index (χ0n) is 9.97. The Bertz CT molecular complexity index is 678. The third-order valence-corrected chi connectivity index (χ3v) is 3.11. The summed E-state index contributed by atoms with van der Waals surface area (Å²) in [5, 5.41) is 11.7. The van der Waals surface area contributed by atoms with Gasteiger partial charge < -0.3 is 5.32 Å². The van der Waals surface area contributed by atoms with E-state index in [0.29, 0.717) is 11.3 Å². The number of nitrogens with zero attached hydrogens (tertiary/aromatic N) is 1. The van der Waals surface area contributed by atoms with Crippen LogP contribution >= 0.6 is 15.9 Å². The maximum absolute atomic E-state index is 13.7. The zero-order chi connectivity index (χ0) is 14.0. The quantitative estimate of drug-likeness (QED) is 0.873. The average molecular weight is 323 g/mol. The molecule has 0 saturated carbocycles. The van der Waals surface area contributed by atoms with Gasteiger partial charge in [0, 0.05) is 10.5 Å². The van der Waals surface area contributed by atoms with Crippen LogP contribution in [0.3, 0.4) is 0 Å². The van der Waals surface area contributed by atoms with E-state index in [1.165, 1.54) is 6.92 Å². The van der Waals surface area contributed by atoms with Gasteiger partial charge in [-0.25, -0.2) is 8.78 Å². The van der Waals surface area contributed by atoms with Crippen LogP contribution < -0.4 is 5.32 Å². The van der Waals surface area contributed by atoms with E-state index in [1.54, 1.807) is 18.2 Å². The number of rotatable bonds is 2. The molecule has 0 aliphatic carbocycles. The number of aryl methyl sites for hydroxylation is 1. The molecule has 2 aromatic rings. The van der Waals surface area contributed by atoms with Gasteiger partial charge in [0.25, 0.3) is 0 Å². The Hall–Kier alpha value is -1.93. The highest BCUT2D eigenvalue weighted by Gasteiger charge is 2.10. The first-order valence-corrected chi connectivity index (χ1v) is 6.23. The van der Waals surface area contributed by atoms with Crippen molar-refractivity contribution in [1.82, 2.24) is 0 Å². The molecule has 96 valence electrons. The summed E-state index contributed by atoms with van der Waals surface area (Å²) < 4.78 is 27.9. The molecular formula is C14H9BrF2N2. The van der Waals surface area contributed by atoms with Crippen molar-refractivity contribution in [1.29, 1.82) is 5.26 Å². The van der Waals surface area contributed by atoms with Gasteiger partial charge in [-0.15, -0.1) is 0 Å². The Labute approximate surface area is 117 Å². The number of anilines is 2. The molecule has 5 heteroatoms. The summed E-state index contributed by atoms with van der Waals surface area (Å²) in [6.07, 6.45) is 0. The van der Waals surface area contributed by atoms with E-state index >= 15 is 0 Å². The van der Waals surface area contributed by atoms with Gasteiger partial charge in [-0.2, -0.15) is 5.26 Å². The lowest BCUT2D eigenvalue weighted by Gasteiger charge is -2.10. The molecule has 0 amide bonds. The predicted octanol–water partition coefficient (Wildman–Crippen LogP) is 4.65. The molecule has 2 aromatic carbocycles. The Balaban J connectivity index is 2.42. The summed E-state index contributed by atoms with van der Waals surface area (Å²) in [5.41, 5.74) is 1.00. The van der Waals surface area contributed by atoms with E-state index < -0.39 is 11.6 Å². The van der Waals surface area contributed by atoms with Crippen LogP contribution in [0.15, 0.2) is 34.8 Å². The number of nitrogens with one attached hydrogen (secondary N) is 1. The van der Waals surface area contributed by atoms with Crippen LogP contribution in [0.2, 0.25) is 0 Å². The molecule has 1 N–H and O–H groups in total. The summed E-state index contributed by atoms with van der Waals surface area (Å²) >= 11 is 3.25. The molecule has 0 bridgehead atoms. The van der Waals surface area contributed by atoms with Crippen LogP contribution in [0.4, 0.5) is 20.2 Å². The van der Waals surface area contributed by atoms with Crippen LogP contribution in [0, 0.1) is 29.9 Å². The first-order valence-electron chi connectivity index (χ1n) is 5.43. The fourth-order valence-electron chi connectivity index (χ4n) is 1.61. The third-order valence-electron chi connectivity index (χ3n) is 2.62. The maximum Gasteiger partial charge on any atom is 0.147 e. The first-order chi connectivity index (χ1) is 9.01. The van der Waals surface area contributed by atoms with E-state index in [9.17, 15) is 8.78 Å². The van der Waals surface area contributed by atoms with E-state index in [0.717, 1.165) is 16.6 Å². The van der Waals surface area contributed by atoms with Crippen LogP contribution in [-0.4, -0.2) is 0 Å². The molecule has 2 rings (SSSR count). The topological polar surface area (TPSA) is 35.8 Å². The fourth-order valence-corrected chi connectivity index (χ4v) is 1.97. The number of nitriles is 1. The highest BCUT2D eigenvalue weighted by molar-refractivity contribution is 9.10. The van der Waals surface area contributed by atoms with Crippen LogP contribution in [0.25, 0.3) is 0 Å². The molecule has 0 spiro atoms. The number of hydrogen-bond donors (Lipinski definition) is 1. The second kappa shape index (κ2) is 5.37. The predicted molar refractivity (Wildman–Crippen MR) is 73.2 cm³/mol. The van der Waals surface area contributed by atoms with Crippen molar-refractivity contribution in [2.24, 2.45) is 0 Å². The van der Waals surface area contributed by atoms with Crippen LogP contribution in [0.1, 0.15) is 11.1 Å². The average Bonchev–Trinajstić information content (AvgIpc) is 2.37. The SMILES string of the molecule is Cc1cc(F)c(Nc2ccc(Br)cc2C#N)cc1F. The monoisotopic (exact) mass is 322 g/mol. The zero-order valence-corrected chi connectivity index (χ0v) is 11.6. The van der Waals surface area contributed by atoms with Crippen molar-refractivity contribution < 1.29 is 8.78 Å². The first kappa shape index (κ1) is 13.5. The second-order valence-electron chi connectivity index (χ2n) is 4.01. The fraction of sp³-hybridized carbons (Fsp3) is 0.0714. The third kappa shape index (κ3) is 2.91. The Morgan fingerprint density at radius 3 is 2.53 bits per heavy atom. The van der Waals surface area contributed by atoms with Gasteiger partial charge in [0.1, 0.15) is 17.7 Å². The van der Waals surface area contributed by atoms with Gasteiger partial charge in [-0.05, 0) is 36.8 Å². The van der Waals surface area contributed by atoms with Gasteiger partial charge in [-0.3, -0.25) is 0 Å². The Morgan fingerprint density at radius 1 is 1.11 bits per heavy atom. The van der Waals surface area contributed by atoms with Crippen molar-refractivity contribution in [2.75, 3.05) is 5.32 Å². The molecule has 0 fully saturated rings. The minimum absolute atomic E-state index is 0.00178. The molecule has 0 atom stereocenters. The van der Waals surface area contributed by atoms with Crippen molar-refractivity contribution in [2.45, 2.75) is 6.92 Å². The summed E-state index contributed by atoms with van der Waals surface area (Å²) in [6, 6.07) is 9.13. The van der Waals surface area contributed by atoms with E-state index in [1.807, 2.05) is 6.07 Å². The van der Waals surface area contributed by atoms with Gasteiger partial charge in [0.05, 0.1) is 16.9 Å². The largest absolute Gasteiger partial charge is 0.352 e. The Kier molecular flexibility index (Phi) is 3.82. The lowest BCUT2D eigenvalue weighted by Crippen LogP contribution is -1.98. The normalized spacial score (nSPS) is 10.1. The molecular weight excluding hydrogens is 314 g/mol. The molecule has 19 heavy (non-hydrogen) atoms. The number of halogens is 3. The summed E-state index contributed by atoms with van der Waals surface area (Å²) in [7, 11) is 0. The number of benzene rings is 2. The van der Waals surface area contributed by atoms with Gasteiger partial charge in [-0.1, -0.05) is 15.9 Å². The van der Waals surface area contributed by atoms with Crippen molar-refractivity contribution in [3.8, 4) is 6.07 Å². The van der Waals surface area contributed by atoms with Gasteiger partial charge in [0.2, 0.25) is 0 Å². The standard InChI is InChI=1S/C14H9BrF2N2/c1-8-4-12(17)14(6-11(8)16)19-13-3-2-10(15)5-9(13)7-18/h2-6,19H,1H3. The Morgan fingerprint density at radius 2 is 1.84 bits per heavy atom. The molecule has 0 aliphatic heterocycles. The number of hydrogen-bond acceptors (Lipinski definition) is 2. The van der Waals surface area contributed by atoms with Gasteiger partial charge >= 0.3 is 0 Å².